The van der Waals surface area contributed by atoms with E-state index in [1.807, 2.05) is 5.10 Å². The van der Waals surface area contributed by atoms with Crippen LogP contribution >= 0.6 is 0 Å². The molecule has 0 radical (unpaired) electrons. The first-order valence-electron chi connectivity index (χ1n) is 7.46. The van der Waals surface area contributed by atoms with Gasteiger partial charge in [0.2, 0.25) is 11.8 Å². The van der Waals surface area contributed by atoms with Crippen molar-refractivity contribution < 1.29 is 27.4 Å². The minimum atomic E-state index is -4.76. The topological polar surface area (TPSA) is 140 Å². The number of rotatable bonds is 4. The highest BCUT2D eigenvalue weighted by Gasteiger charge is 2.44. The molecule has 27 heavy (non-hydrogen) atoms. The van der Waals surface area contributed by atoms with E-state index in [1.54, 1.807) is 6.07 Å². The number of benzene rings is 1. The number of carbonyl (C=O) groups excluding carboxylic acids is 1. The van der Waals surface area contributed by atoms with Crippen molar-refractivity contribution in [1.29, 1.82) is 5.26 Å². The number of fused-ring (bicyclic) bond motifs is 1. The highest BCUT2D eigenvalue weighted by atomic mass is 19.4. The van der Waals surface area contributed by atoms with Gasteiger partial charge < -0.3 is 20.9 Å². The molecule has 2 heterocycles. The van der Waals surface area contributed by atoms with E-state index >= 15 is 0 Å². The highest BCUT2D eigenvalue weighted by Crippen LogP contribution is 2.47. The third kappa shape index (κ3) is 3.37. The van der Waals surface area contributed by atoms with E-state index in [0.29, 0.717) is 0 Å². The number of aromatic amines is 1. The van der Waals surface area contributed by atoms with Crippen LogP contribution in [-0.2, 0) is 11.0 Å². The predicted molar refractivity (Wildman–Crippen MR) is 84.0 cm³/mol. The molecule has 0 aliphatic carbocycles. The third-order valence-corrected chi connectivity index (χ3v) is 3.79. The number of primary amides is 1. The Labute approximate surface area is 150 Å². The number of hydrogen-bond donors (Lipinski definition) is 3. The summed E-state index contributed by atoms with van der Waals surface area (Å²) in [6.07, 6.45) is -4.76. The molecule has 140 valence electrons. The van der Waals surface area contributed by atoms with Crippen molar-refractivity contribution in [2.75, 3.05) is 6.61 Å². The zero-order chi connectivity index (χ0) is 19.8. The number of nitriles is 1. The molecule has 8 nitrogen and oxygen atoms in total. The summed E-state index contributed by atoms with van der Waals surface area (Å²) in [6.45, 7) is -0.412. The van der Waals surface area contributed by atoms with E-state index in [0.717, 1.165) is 0 Å². The van der Waals surface area contributed by atoms with Crippen LogP contribution in [0.25, 0.3) is 0 Å². The Kier molecular flexibility index (Phi) is 4.40. The fourth-order valence-corrected chi connectivity index (χ4v) is 2.73. The number of hydrogen-bond acceptors (Lipinski definition) is 6. The second kappa shape index (κ2) is 6.56. The summed E-state index contributed by atoms with van der Waals surface area (Å²) in [7, 11) is 0. The normalized spacial score (nSPS) is 16.3. The first kappa shape index (κ1) is 18.1. The maximum Gasteiger partial charge on any atom is 0.433 e. The van der Waals surface area contributed by atoms with E-state index < -0.39 is 30.3 Å². The molecule has 5 N–H and O–H groups in total. The summed E-state index contributed by atoms with van der Waals surface area (Å²) in [4.78, 5) is 10.9. The molecule has 3 rings (SSSR count). The number of aromatic nitrogens is 2. The van der Waals surface area contributed by atoms with Crippen LogP contribution < -0.4 is 20.9 Å². The first-order chi connectivity index (χ1) is 12.7. The summed E-state index contributed by atoms with van der Waals surface area (Å²) in [6, 6.07) is 7.66. The Morgan fingerprint density at radius 2 is 2.19 bits per heavy atom. The van der Waals surface area contributed by atoms with Crippen LogP contribution in [0.2, 0.25) is 0 Å². The molecule has 1 aromatic heterocycles. The average Bonchev–Trinajstić information content (AvgIpc) is 3.02. The van der Waals surface area contributed by atoms with Crippen LogP contribution in [0.15, 0.2) is 35.7 Å². The van der Waals surface area contributed by atoms with Crippen molar-refractivity contribution in [1.82, 2.24) is 10.2 Å². The Morgan fingerprint density at radius 1 is 1.44 bits per heavy atom. The maximum absolute atomic E-state index is 13.4. The maximum atomic E-state index is 13.4. The monoisotopic (exact) mass is 379 g/mol. The largest absolute Gasteiger partial charge is 0.484 e. The number of ether oxygens (including phenoxy) is 2. The number of H-pyrrole nitrogens is 1. The molecule has 11 heteroatoms. The molecule has 1 aliphatic heterocycles. The van der Waals surface area contributed by atoms with Gasteiger partial charge in [-0.25, -0.2) is 0 Å². The Morgan fingerprint density at radius 3 is 2.81 bits per heavy atom. The van der Waals surface area contributed by atoms with Crippen molar-refractivity contribution in [2.24, 2.45) is 11.5 Å². The lowest BCUT2D eigenvalue weighted by Gasteiger charge is -2.24. The van der Waals surface area contributed by atoms with Crippen molar-refractivity contribution in [3.63, 3.8) is 0 Å². The van der Waals surface area contributed by atoms with Crippen LogP contribution in [0.3, 0.4) is 0 Å². The number of nitrogens with two attached hydrogens (primary N) is 2. The lowest BCUT2D eigenvalue weighted by molar-refractivity contribution is -0.141. The lowest BCUT2D eigenvalue weighted by Crippen LogP contribution is -2.23. The van der Waals surface area contributed by atoms with Gasteiger partial charge in [0.1, 0.15) is 23.1 Å². The van der Waals surface area contributed by atoms with Gasteiger partial charge in [-0.05, 0) is 17.7 Å². The molecule has 1 atom stereocenters. The van der Waals surface area contributed by atoms with Crippen molar-refractivity contribution in [3.05, 3.63) is 52.5 Å². The van der Waals surface area contributed by atoms with Gasteiger partial charge >= 0.3 is 6.18 Å². The number of nitrogens with zero attached hydrogens (tertiary/aromatic N) is 2. The second-order valence-electron chi connectivity index (χ2n) is 5.57. The number of allylic oxidation sites excluding steroid dienone is 1. The van der Waals surface area contributed by atoms with Crippen molar-refractivity contribution in [3.8, 4) is 17.7 Å². The zero-order valence-electron chi connectivity index (χ0n) is 13.5. The van der Waals surface area contributed by atoms with Gasteiger partial charge in [0.25, 0.3) is 5.91 Å². The Hall–Kier alpha value is -3.68. The summed E-state index contributed by atoms with van der Waals surface area (Å²) in [5.41, 5.74) is 9.27. The van der Waals surface area contributed by atoms with Gasteiger partial charge in [-0.2, -0.15) is 18.4 Å². The molecule has 1 aromatic carbocycles. The predicted octanol–water partition coefficient (Wildman–Crippen LogP) is 1.51. The number of carbonyl (C=O) groups is 1. The summed E-state index contributed by atoms with van der Waals surface area (Å²) in [5.74, 6) is -2.44. The summed E-state index contributed by atoms with van der Waals surface area (Å²) < 4.78 is 50.4. The number of halogens is 3. The number of nitrogens with one attached hydrogen (secondary N) is 1. The average molecular weight is 379 g/mol. The molecule has 0 bridgehead atoms. The SMILES string of the molecule is N#CC1=C(N)Oc2n[nH]c(C(F)(F)F)c2[C@@H]1c1cccc(OCC(N)=O)c1. The Bertz CT molecular complexity index is 974. The van der Waals surface area contributed by atoms with E-state index in [4.69, 9.17) is 20.9 Å². The molecule has 1 amide bonds. The fraction of sp³-hybridized carbons (Fsp3) is 0.188. The first-order valence-corrected chi connectivity index (χ1v) is 7.46. The zero-order valence-corrected chi connectivity index (χ0v) is 13.5. The molecule has 0 saturated heterocycles. The van der Waals surface area contributed by atoms with Crippen LogP contribution in [0.4, 0.5) is 13.2 Å². The molecular weight excluding hydrogens is 367 g/mol. The van der Waals surface area contributed by atoms with E-state index in [-0.39, 0.29) is 34.2 Å². The van der Waals surface area contributed by atoms with Gasteiger partial charge in [-0.3, -0.25) is 9.89 Å². The van der Waals surface area contributed by atoms with Gasteiger partial charge in [0.05, 0.1) is 11.5 Å². The van der Waals surface area contributed by atoms with Crippen LogP contribution in [0.5, 0.6) is 11.6 Å². The molecule has 1 aliphatic rings. The van der Waals surface area contributed by atoms with Gasteiger partial charge in [-0.1, -0.05) is 12.1 Å². The summed E-state index contributed by atoms with van der Waals surface area (Å²) in [5, 5.41) is 14.8. The fourth-order valence-electron chi connectivity index (χ4n) is 2.73. The van der Waals surface area contributed by atoms with Gasteiger partial charge in [0, 0.05) is 0 Å². The molecule has 0 saturated carbocycles. The lowest BCUT2D eigenvalue weighted by atomic mass is 9.84. The smallest absolute Gasteiger partial charge is 0.433 e. The number of alkyl halides is 3. The molecule has 0 unspecified atom stereocenters. The van der Waals surface area contributed by atoms with E-state index in [1.165, 1.54) is 24.3 Å². The second-order valence-corrected chi connectivity index (χ2v) is 5.57. The third-order valence-electron chi connectivity index (χ3n) is 3.79. The molecule has 0 spiro atoms. The van der Waals surface area contributed by atoms with Crippen molar-refractivity contribution >= 4 is 5.91 Å². The van der Waals surface area contributed by atoms with E-state index in [9.17, 15) is 23.2 Å². The van der Waals surface area contributed by atoms with Crippen molar-refractivity contribution in [2.45, 2.75) is 12.1 Å². The standard InChI is InChI=1S/C16H12F3N5O3/c17-16(18,19)13-12-11(9(5-20)14(22)27-15(12)24-23-13)7-2-1-3-8(4-7)26-6-10(21)25/h1-4,11H,6,22H2,(H2,21,25)(H,23,24)/t11-/m1/s1. The molecule has 0 fully saturated rings. The van der Waals surface area contributed by atoms with Crippen LogP contribution in [-0.4, -0.2) is 22.7 Å². The highest BCUT2D eigenvalue weighted by molar-refractivity contribution is 5.75. The summed E-state index contributed by atoms with van der Waals surface area (Å²) >= 11 is 0. The minimum absolute atomic E-state index is 0.187. The van der Waals surface area contributed by atoms with Crippen LogP contribution in [0, 0.1) is 11.3 Å². The van der Waals surface area contributed by atoms with Gasteiger partial charge in [-0.15, -0.1) is 5.10 Å². The van der Waals surface area contributed by atoms with Crippen LogP contribution in [0.1, 0.15) is 22.7 Å². The van der Waals surface area contributed by atoms with Gasteiger partial charge in [0.15, 0.2) is 6.61 Å². The molecular formula is C16H12F3N5O3. The van der Waals surface area contributed by atoms with E-state index in [2.05, 4.69) is 5.10 Å². The molecule has 2 aromatic rings. The quantitative estimate of drug-likeness (QED) is 0.736. The minimum Gasteiger partial charge on any atom is -0.484 e. The number of amides is 1. The Balaban J connectivity index is 2.14.